The molecule has 0 spiro atoms. The van der Waals surface area contributed by atoms with Crippen LogP contribution in [-0.4, -0.2) is 17.4 Å². The molecule has 3 nitrogen and oxygen atoms in total. The lowest BCUT2D eigenvalue weighted by molar-refractivity contribution is -0.136. The van der Waals surface area contributed by atoms with Crippen molar-refractivity contribution in [3.8, 4) is 0 Å². The molecule has 0 aliphatic heterocycles. The van der Waals surface area contributed by atoms with Crippen molar-refractivity contribution >= 4 is 23.9 Å². The minimum absolute atomic E-state index is 0.0611. The molecule has 0 atom stereocenters. The fourth-order valence-corrected chi connectivity index (χ4v) is 2.40. The second kappa shape index (κ2) is 7.90. The van der Waals surface area contributed by atoms with Gasteiger partial charge in [0.25, 0.3) is 0 Å². The number of carbonyl (C=O) groups excluding carboxylic acids is 1. The molecule has 0 bridgehead atoms. The third-order valence-electron chi connectivity index (χ3n) is 3.43. The predicted octanol–water partition coefficient (Wildman–Crippen LogP) is 4.38. The maximum absolute atomic E-state index is 11.4. The van der Waals surface area contributed by atoms with Crippen molar-refractivity contribution in [2.75, 3.05) is 0 Å². The molecule has 0 saturated carbocycles. The van der Waals surface area contributed by atoms with Crippen LogP contribution in [-0.2, 0) is 4.79 Å². The molecule has 0 aliphatic carbocycles. The van der Waals surface area contributed by atoms with Gasteiger partial charge in [-0.1, -0.05) is 60.7 Å². The van der Waals surface area contributed by atoms with Crippen molar-refractivity contribution in [1.29, 1.82) is 0 Å². The molecule has 0 saturated heterocycles. The van der Waals surface area contributed by atoms with E-state index < -0.39 is 5.97 Å². The molecule has 2 aromatic rings. The van der Waals surface area contributed by atoms with Gasteiger partial charge in [0.1, 0.15) is 0 Å². The topological polar surface area (TPSA) is 54.4 Å². The van der Waals surface area contributed by atoms with E-state index in [0.717, 1.165) is 28.5 Å². The van der Waals surface area contributed by atoms with Crippen LogP contribution in [0.4, 0.5) is 0 Å². The maximum atomic E-state index is 11.4. The van der Waals surface area contributed by atoms with Gasteiger partial charge < -0.3 is 5.11 Å². The SMILES string of the molecule is Cc1cccc(C=O)c1C(=C\c1ccccc1)/C=C/CC(=O)O. The molecule has 0 aromatic heterocycles. The number of carboxylic acid groups (broad SMARTS) is 1. The van der Waals surface area contributed by atoms with E-state index >= 15 is 0 Å². The summed E-state index contributed by atoms with van der Waals surface area (Å²) < 4.78 is 0. The minimum Gasteiger partial charge on any atom is -0.481 e. The molecular weight excluding hydrogens is 288 g/mol. The van der Waals surface area contributed by atoms with Crippen molar-refractivity contribution in [3.63, 3.8) is 0 Å². The zero-order valence-corrected chi connectivity index (χ0v) is 12.9. The number of rotatable bonds is 6. The number of aliphatic carboxylic acids is 1. The quantitative estimate of drug-likeness (QED) is 0.489. The van der Waals surface area contributed by atoms with E-state index in [1.165, 1.54) is 0 Å². The molecule has 3 heteroatoms. The van der Waals surface area contributed by atoms with Gasteiger partial charge in [0, 0.05) is 5.56 Å². The molecule has 0 unspecified atom stereocenters. The Morgan fingerprint density at radius 1 is 1.09 bits per heavy atom. The summed E-state index contributed by atoms with van der Waals surface area (Å²) >= 11 is 0. The molecule has 0 fully saturated rings. The van der Waals surface area contributed by atoms with Crippen LogP contribution in [0.5, 0.6) is 0 Å². The minimum atomic E-state index is -0.888. The Morgan fingerprint density at radius 2 is 1.83 bits per heavy atom. The largest absolute Gasteiger partial charge is 0.481 e. The number of carbonyl (C=O) groups is 2. The van der Waals surface area contributed by atoms with Crippen LogP contribution >= 0.6 is 0 Å². The van der Waals surface area contributed by atoms with Crippen molar-refractivity contribution in [2.24, 2.45) is 0 Å². The summed E-state index contributed by atoms with van der Waals surface area (Å²) in [5.41, 5.74) is 4.19. The highest BCUT2D eigenvalue weighted by Crippen LogP contribution is 2.26. The lowest BCUT2D eigenvalue weighted by Crippen LogP contribution is -1.95. The molecule has 0 radical (unpaired) electrons. The third-order valence-corrected chi connectivity index (χ3v) is 3.43. The van der Waals surface area contributed by atoms with Crippen LogP contribution in [0.3, 0.4) is 0 Å². The molecule has 116 valence electrons. The van der Waals surface area contributed by atoms with E-state index in [4.69, 9.17) is 5.11 Å². The van der Waals surface area contributed by atoms with Crippen molar-refractivity contribution in [2.45, 2.75) is 13.3 Å². The highest BCUT2D eigenvalue weighted by molar-refractivity contribution is 5.96. The zero-order valence-electron chi connectivity index (χ0n) is 12.9. The summed E-state index contributed by atoms with van der Waals surface area (Å²) in [5.74, 6) is -0.888. The standard InChI is InChI=1S/C20H18O3/c1-15-7-5-11-18(14-21)20(15)17(10-6-12-19(22)23)13-16-8-3-2-4-9-16/h2-11,13-14H,12H2,1H3,(H,22,23)/b10-6+,17-13-. The van der Waals surface area contributed by atoms with Gasteiger partial charge in [-0.25, -0.2) is 0 Å². The van der Waals surface area contributed by atoms with Crippen LogP contribution in [0.1, 0.15) is 33.5 Å². The van der Waals surface area contributed by atoms with E-state index in [0.29, 0.717) is 5.56 Å². The van der Waals surface area contributed by atoms with Crippen molar-refractivity contribution in [3.05, 3.63) is 82.9 Å². The highest BCUT2D eigenvalue weighted by atomic mass is 16.4. The number of hydrogen-bond acceptors (Lipinski definition) is 2. The lowest BCUT2D eigenvalue weighted by atomic mass is 9.93. The van der Waals surface area contributed by atoms with E-state index in [1.807, 2.05) is 55.5 Å². The second-order valence-electron chi connectivity index (χ2n) is 5.17. The molecule has 0 heterocycles. The summed E-state index contributed by atoms with van der Waals surface area (Å²) in [4.78, 5) is 22.1. The Hall–Kier alpha value is -2.94. The third kappa shape index (κ3) is 4.51. The smallest absolute Gasteiger partial charge is 0.307 e. The van der Waals surface area contributed by atoms with Gasteiger partial charge in [-0.3, -0.25) is 9.59 Å². The van der Waals surface area contributed by atoms with Gasteiger partial charge in [-0.2, -0.15) is 0 Å². The Bertz CT molecular complexity index is 756. The fraction of sp³-hybridized carbons (Fsp3) is 0.100. The average molecular weight is 306 g/mol. The molecule has 2 aromatic carbocycles. The van der Waals surface area contributed by atoms with Crippen LogP contribution in [0.25, 0.3) is 11.6 Å². The monoisotopic (exact) mass is 306 g/mol. The number of aldehydes is 1. The first-order valence-electron chi connectivity index (χ1n) is 7.32. The Labute approximate surface area is 135 Å². The molecule has 0 aliphatic rings. The van der Waals surface area contributed by atoms with Gasteiger partial charge in [0.05, 0.1) is 6.42 Å². The van der Waals surface area contributed by atoms with E-state index in [-0.39, 0.29) is 6.42 Å². The number of aryl methyl sites for hydroxylation is 1. The van der Waals surface area contributed by atoms with E-state index in [9.17, 15) is 9.59 Å². The summed E-state index contributed by atoms with van der Waals surface area (Å²) in [6.45, 7) is 1.94. The van der Waals surface area contributed by atoms with Crippen LogP contribution < -0.4 is 0 Å². The summed E-state index contributed by atoms with van der Waals surface area (Å²) in [5, 5.41) is 8.82. The van der Waals surface area contributed by atoms with Crippen LogP contribution in [0.2, 0.25) is 0 Å². The van der Waals surface area contributed by atoms with Gasteiger partial charge in [-0.05, 0) is 35.3 Å². The van der Waals surface area contributed by atoms with Crippen LogP contribution in [0, 0.1) is 6.92 Å². The van der Waals surface area contributed by atoms with Crippen molar-refractivity contribution in [1.82, 2.24) is 0 Å². The first kappa shape index (κ1) is 16.4. The molecule has 2 rings (SSSR count). The normalized spacial score (nSPS) is 11.6. The summed E-state index contributed by atoms with van der Waals surface area (Å²) in [6, 6.07) is 15.3. The molecule has 0 amide bonds. The molecule has 1 N–H and O–H groups in total. The number of allylic oxidation sites excluding steroid dienone is 2. The van der Waals surface area contributed by atoms with E-state index in [1.54, 1.807) is 18.2 Å². The highest BCUT2D eigenvalue weighted by Gasteiger charge is 2.09. The lowest BCUT2D eigenvalue weighted by Gasteiger charge is -2.10. The maximum Gasteiger partial charge on any atom is 0.307 e. The number of benzene rings is 2. The fourth-order valence-electron chi connectivity index (χ4n) is 2.40. The Kier molecular flexibility index (Phi) is 5.64. The van der Waals surface area contributed by atoms with E-state index in [2.05, 4.69) is 0 Å². The second-order valence-corrected chi connectivity index (χ2v) is 5.17. The predicted molar refractivity (Wildman–Crippen MR) is 92.3 cm³/mol. The Balaban J connectivity index is 2.54. The van der Waals surface area contributed by atoms with Gasteiger partial charge >= 0.3 is 5.97 Å². The summed E-state index contributed by atoms with van der Waals surface area (Å²) in [6.07, 6.45) is 6.07. The van der Waals surface area contributed by atoms with Crippen molar-refractivity contribution < 1.29 is 14.7 Å². The number of hydrogen-bond donors (Lipinski definition) is 1. The zero-order chi connectivity index (χ0) is 16.7. The Morgan fingerprint density at radius 3 is 2.48 bits per heavy atom. The van der Waals surface area contributed by atoms with Crippen LogP contribution in [0.15, 0.2) is 60.7 Å². The molecule has 23 heavy (non-hydrogen) atoms. The summed E-state index contributed by atoms with van der Waals surface area (Å²) in [7, 11) is 0. The number of carboxylic acids is 1. The van der Waals surface area contributed by atoms with Gasteiger partial charge in [0.15, 0.2) is 6.29 Å². The van der Waals surface area contributed by atoms with Gasteiger partial charge in [-0.15, -0.1) is 0 Å². The molecular formula is C20H18O3. The first-order valence-corrected chi connectivity index (χ1v) is 7.32. The first-order chi connectivity index (χ1) is 11.1. The van der Waals surface area contributed by atoms with Gasteiger partial charge in [0.2, 0.25) is 0 Å². The average Bonchev–Trinajstić information content (AvgIpc) is 2.54.